The minimum Gasteiger partial charge on any atom is -0.462 e. The zero-order valence-electron chi connectivity index (χ0n) is 17.7. The van der Waals surface area contributed by atoms with Crippen molar-refractivity contribution >= 4 is 45.6 Å². The number of ether oxygens (including phenoxy) is 2. The maximum absolute atomic E-state index is 12.8. The van der Waals surface area contributed by atoms with Crippen LogP contribution in [0.5, 0.6) is 0 Å². The summed E-state index contributed by atoms with van der Waals surface area (Å²) in [4.78, 5) is 42.1. The van der Waals surface area contributed by atoms with E-state index in [-0.39, 0.29) is 29.6 Å². The highest BCUT2D eigenvalue weighted by Gasteiger charge is 2.29. The van der Waals surface area contributed by atoms with Crippen molar-refractivity contribution in [1.82, 2.24) is 9.88 Å². The molecule has 7 nitrogen and oxygen atoms in total. The molecule has 1 saturated heterocycles. The molecule has 2 aromatic rings. The number of piperidine rings is 1. The van der Waals surface area contributed by atoms with E-state index in [0.29, 0.717) is 24.0 Å². The van der Waals surface area contributed by atoms with Gasteiger partial charge in [0.2, 0.25) is 5.43 Å². The van der Waals surface area contributed by atoms with Crippen molar-refractivity contribution < 1.29 is 19.1 Å². The maximum Gasteiger partial charge on any atom is 0.410 e. The van der Waals surface area contributed by atoms with Gasteiger partial charge in [0.25, 0.3) is 0 Å². The van der Waals surface area contributed by atoms with Crippen LogP contribution in [0, 0.1) is 3.57 Å². The number of aromatic amines is 1. The Balaban J connectivity index is 1.90. The maximum atomic E-state index is 12.8. The number of carbonyl (C=O) groups excluding carboxylic acids is 2. The van der Waals surface area contributed by atoms with E-state index >= 15 is 0 Å². The first-order valence-electron chi connectivity index (χ1n) is 10.1. The summed E-state index contributed by atoms with van der Waals surface area (Å²) in [6, 6.07) is 3.76. The zero-order valence-corrected chi connectivity index (χ0v) is 19.9. The van der Waals surface area contributed by atoms with Gasteiger partial charge in [0.15, 0.2) is 0 Å². The van der Waals surface area contributed by atoms with E-state index < -0.39 is 11.6 Å². The van der Waals surface area contributed by atoms with Gasteiger partial charge in [0.1, 0.15) is 11.2 Å². The van der Waals surface area contributed by atoms with Gasteiger partial charge in [-0.3, -0.25) is 4.79 Å². The standard InChI is InChI=1S/C22H27IN2O5/c1-5-29-20(27)16-11-24-18-10-14(17(23)9-15(18)19(16)26)13-7-6-8-25(12-13)21(28)30-22(2,3)4/h9-11,13H,5-8,12H2,1-4H3,(H,24,26). The molecule has 1 fully saturated rings. The lowest BCUT2D eigenvalue weighted by Gasteiger charge is -2.34. The van der Waals surface area contributed by atoms with E-state index in [0.717, 1.165) is 22.0 Å². The molecule has 1 aromatic heterocycles. The number of carbonyl (C=O) groups is 2. The Bertz CT molecular complexity index is 1020. The Hall–Kier alpha value is -2.10. The van der Waals surface area contributed by atoms with Crippen LogP contribution < -0.4 is 5.43 Å². The number of benzene rings is 1. The van der Waals surface area contributed by atoms with E-state index in [1.807, 2.05) is 26.8 Å². The van der Waals surface area contributed by atoms with Crippen LogP contribution in [0.15, 0.2) is 23.1 Å². The van der Waals surface area contributed by atoms with E-state index in [1.54, 1.807) is 17.9 Å². The van der Waals surface area contributed by atoms with Crippen LogP contribution >= 0.6 is 22.6 Å². The van der Waals surface area contributed by atoms with Crippen molar-refractivity contribution in [3.05, 3.63) is 43.2 Å². The topological polar surface area (TPSA) is 88.7 Å². The number of fused-ring (bicyclic) bond motifs is 1. The van der Waals surface area contributed by atoms with Crippen molar-refractivity contribution in [2.45, 2.75) is 52.1 Å². The lowest BCUT2D eigenvalue weighted by Crippen LogP contribution is -2.42. The molecule has 1 N–H and O–H groups in total. The Morgan fingerprint density at radius 2 is 2.03 bits per heavy atom. The van der Waals surface area contributed by atoms with Gasteiger partial charge < -0.3 is 19.4 Å². The van der Waals surface area contributed by atoms with Crippen molar-refractivity contribution in [1.29, 1.82) is 0 Å². The SMILES string of the molecule is CCOC(=O)c1c[nH]c2cc(C3CCCN(C(=O)OC(C)(C)C)C3)c(I)cc2c1=O. The number of pyridine rings is 1. The molecular formula is C22H27IN2O5. The summed E-state index contributed by atoms with van der Waals surface area (Å²) in [5.41, 5.74) is 0.874. The summed E-state index contributed by atoms with van der Waals surface area (Å²) in [6.45, 7) is 8.74. The number of likely N-dealkylation sites (tertiary alicyclic amines) is 1. The quantitative estimate of drug-likeness (QED) is 0.473. The predicted molar refractivity (Wildman–Crippen MR) is 123 cm³/mol. The Kier molecular flexibility index (Phi) is 6.74. The summed E-state index contributed by atoms with van der Waals surface area (Å²) < 4.78 is 11.4. The molecule has 1 amide bonds. The monoisotopic (exact) mass is 526 g/mol. The fourth-order valence-corrected chi connectivity index (χ4v) is 4.56. The molecule has 0 bridgehead atoms. The van der Waals surface area contributed by atoms with Crippen LogP contribution in [-0.2, 0) is 9.47 Å². The van der Waals surface area contributed by atoms with Crippen LogP contribution in [0.1, 0.15) is 62.4 Å². The Morgan fingerprint density at radius 1 is 1.30 bits per heavy atom. The van der Waals surface area contributed by atoms with Gasteiger partial charge in [-0.15, -0.1) is 0 Å². The molecule has 0 spiro atoms. The first-order chi connectivity index (χ1) is 14.1. The number of hydrogen-bond acceptors (Lipinski definition) is 5. The summed E-state index contributed by atoms with van der Waals surface area (Å²) in [5, 5.41) is 0.452. The molecule has 30 heavy (non-hydrogen) atoms. The number of nitrogens with one attached hydrogen (secondary N) is 1. The van der Waals surface area contributed by atoms with Gasteiger partial charge in [-0.1, -0.05) is 0 Å². The molecule has 1 unspecified atom stereocenters. The minimum absolute atomic E-state index is 0.00154. The number of nitrogens with zero attached hydrogens (tertiary/aromatic N) is 1. The lowest BCUT2D eigenvalue weighted by molar-refractivity contribution is 0.0198. The first kappa shape index (κ1) is 22.6. The Morgan fingerprint density at radius 3 is 2.70 bits per heavy atom. The number of H-pyrrole nitrogens is 1. The summed E-state index contributed by atoms with van der Waals surface area (Å²) >= 11 is 2.22. The highest BCUT2D eigenvalue weighted by atomic mass is 127. The van der Waals surface area contributed by atoms with Crippen molar-refractivity contribution in [3.63, 3.8) is 0 Å². The molecule has 0 saturated carbocycles. The molecule has 2 heterocycles. The molecule has 0 radical (unpaired) electrons. The van der Waals surface area contributed by atoms with E-state index in [1.165, 1.54) is 6.20 Å². The number of rotatable bonds is 3. The molecular weight excluding hydrogens is 499 g/mol. The van der Waals surface area contributed by atoms with Crippen LogP contribution in [0.2, 0.25) is 0 Å². The van der Waals surface area contributed by atoms with Gasteiger partial charge in [-0.25, -0.2) is 9.59 Å². The van der Waals surface area contributed by atoms with Crippen molar-refractivity contribution in [2.24, 2.45) is 0 Å². The minimum atomic E-state index is -0.625. The summed E-state index contributed by atoms with van der Waals surface area (Å²) in [5.74, 6) is -0.476. The van der Waals surface area contributed by atoms with Crippen LogP contribution in [0.3, 0.4) is 0 Å². The number of aromatic nitrogens is 1. The van der Waals surface area contributed by atoms with Gasteiger partial charge in [0, 0.05) is 39.7 Å². The third-order valence-corrected chi connectivity index (χ3v) is 5.94. The molecule has 8 heteroatoms. The average Bonchev–Trinajstić information content (AvgIpc) is 2.67. The average molecular weight is 526 g/mol. The molecule has 1 aromatic carbocycles. The predicted octanol–water partition coefficient (Wildman–Crippen LogP) is 4.42. The van der Waals surface area contributed by atoms with Gasteiger partial charge >= 0.3 is 12.1 Å². The van der Waals surface area contributed by atoms with E-state index in [9.17, 15) is 14.4 Å². The highest BCUT2D eigenvalue weighted by Crippen LogP contribution is 2.32. The fourth-order valence-electron chi connectivity index (χ4n) is 3.65. The number of esters is 1. The lowest BCUT2D eigenvalue weighted by atomic mass is 9.90. The number of halogens is 1. The third kappa shape index (κ3) is 4.96. The molecule has 0 aliphatic carbocycles. The van der Waals surface area contributed by atoms with E-state index in [4.69, 9.17) is 9.47 Å². The summed E-state index contributed by atoms with van der Waals surface area (Å²) in [7, 11) is 0. The van der Waals surface area contributed by atoms with Gasteiger partial charge in [0.05, 0.1) is 6.61 Å². The second-order valence-electron chi connectivity index (χ2n) is 8.44. The molecule has 1 aliphatic rings. The molecule has 162 valence electrons. The highest BCUT2D eigenvalue weighted by molar-refractivity contribution is 14.1. The second kappa shape index (κ2) is 8.95. The molecule has 1 aliphatic heterocycles. The fraction of sp³-hybridized carbons (Fsp3) is 0.500. The van der Waals surface area contributed by atoms with E-state index in [2.05, 4.69) is 27.6 Å². The third-order valence-electron chi connectivity index (χ3n) is 5.01. The normalized spacial score (nSPS) is 17.1. The van der Waals surface area contributed by atoms with Crippen molar-refractivity contribution in [2.75, 3.05) is 19.7 Å². The zero-order chi connectivity index (χ0) is 22.1. The largest absolute Gasteiger partial charge is 0.462 e. The Labute approximate surface area is 189 Å². The van der Waals surface area contributed by atoms with Crippen LogP contribution in [-0.4, -0.2) is 47.2 Å². The van der Waals surface area contributed by atoms with Crippen LogP contribution in [0.25, 0.3) is 10.9 Å². The van der Waals surface area contributed by atoms with Crippen LogP contribution in [0.4, 0.5) is 4.79 Å². The second-order valence-corrected chi connectivity index (χ2v) is 9.60. The molecule has 3 rings (SSSR count). The van der Waals surface area contributed by atoms with Gasteiger partial charge in [-0.2, -0.15) is 0 Å². The van der Waals surface area contributed by atoms with Crippen molar-refractivity contribution in [3.8, 4) is 0 Å². The smallest absolute Gasteiger partial charge is 0.410 e. The number of amides is 1. The van der Waals surface area contributed by atoms with Gasteiger partial charge in [-0.05, 0) is 80.8 Å². The summed E-state index contributed by atoms with van der Waals surface area (Å²) in [6.07, 6.45) is 2.95. The number of hydrogen-bond donors (Lipinski definition) is 1. The molecule has 1 atom stereocenters. The first-order valence-corrected chi connectivity index (χ1v) is 11.2.